The Morgan fingerprint density at radius 1 is 1.25 bits per heavy atom. The van der Waals surface area contributed by atoms with E-state index >= 15 is 0 Å². The molecule has 0 radical (unpaired) electrons. The summed E-state index contributed by atoms with van der Waals surface area (Å²) in [4.78, 5) is 12.8. The molecule has 0 spiro atoms. The molecule has 1 aromatic heterocycles. The average molecular weight is 288 g/mol. The minimum atomic E-state index is -0.854. The normalized spacial score (nSPS) is 12.5. The van der Waals surface area contributed by atoms with Gasteiger partial charge in [0.2, 0.25) is 0 Å². The maximum atomic E-state index is 10.9. The van der Waals surface area contributed by atoms with Crippen LogP contribution in [-0.4, -0.2) is 16.3 Å². The zero-order valence-corrected chi connectivity index (χ0v) is 11.9. The Kier molecular flexibility index (Phi) is 4.55. The number of benzene rings is 1. The standard InChI is InChI=1S/C15H16N2O2S/c1-11(17(19)15(16)18)14-10-9-13(20-14)8-7-12-5-3-2-4-6-12/h2-11,19H,1H3,(H2,16,18). The first-order valence-electron chi connectivity index (χ1n) is 6.18. The lowest BCUT2D eigenvalue weighted by Gasteiger charge is -2.18. The smallest absolute Gasteiger partial charge is 0.339 e. The lowest BCUT2D eigenvalue weighted by molar-refractivity contribution is -0.0700. The predicted octanol–water partition coefficient (Wildman–Crippen LogP) is 3.75. The van der Waals surface area contributed by atoms with Crippen LogP contribution in [0.15, 0.2) is 42.5 Å². The first-order valence-corrected chi connectivity index (χ1v) is 7.00. The van der Waals surface area contributed by atoms with Gasteiger partial charge in [0.1, 0.15) is 0 Å². The summed E-state index contributed by atoms with van der Waals surface area (Å²) < 4.78 is 0. The van der Waals surface area contributed by atoms with Gasteiger partial charge in [0, 0.05) is 9.75 Å². The van der Waals surface area contributed by atoms with Crippen LogP contribution in [0.1, 0.15) is 28.3 Å². The number of rotatable bonds is 4. The van der Waals surface area contributed by atoms with E-state index in [0.29, 0.717) is 5.06 Å². The van der Waals surface area contributed by atoms with Crippen LogP contribution >= 0.6 is 11.3 Å². The molecule has 0 aliphatic heterocycles. The Labute approximate surface area is 121 Å². The monoisotopic (exact) mass is 288 g/mol. The summed E-state index contributed by atoms with van der Waals surface area (Å²) in [6.07, 6.45) is 4.02. The molecular weight excluding hydrogens is 272 g/mol. The van der Waals surface area contributed by atoms with Crippen molar-refractivity contribution < 1.29 is 10.0 Å². The summed E-state index contributed by atoms with van der Waals surface area (Å²) in [6, 6.07) is 12.5. The number of carbonyl (C=O) groups excluding carboxylic acids is 1. The number of amides is 2. The Balaban J connectivity index is 2.09. The fourth-order valence-corrected chi connectivity index (χ4v) is 2.69. The number of hydrogen-bond acceptors (Lipinski definition) is 3. The number of carbonyl (C=O) groups is 1. The van der Waals surface area contributed by atoms with Crippen LogP contribution in [0.3, 0.4) is 0 Å². The van der Waals surface area contributed by atoms with Gasteiger partial charge in [0.05, 0.1) is 6.04 Å². The molecule has 0 fully saturated rings. The number of primary amides is 1. The number of nitrogens with zero attached hydrogens (tertiary/aromatic N) is 1. The third-order valence-corrected chi connectivity index (χ3v) is 4.11. The van der Waals surface area contributed by atoms with E-state index in [0.717, 1.165) is 15.3 Å². The highest BCUT2D eigenvalue weighted by atomic mass is 32.1. The molecule has 0 bridgehead atoms. The van der Waals surface area contributed by atoms with E-state index in [4.69, 9.17) is 5.73 Å². The second-order valence-electron chi connectivity index (χ2n) is 4.34. The average Bonchev–Trinajstić information content (AvgIpc) is 2.93. The van der Waals surface area contributed by atoms with Crippen molar-refractivity contribution in [2.45, 2.75) is 13.0 Å². The molecule has 3 N–H and O–H groups in total. The molecular formula is C15H16N2O2S. The van der Waals surface area contributed by atoms with Gasteiger partial charge in [0.15, 0.2) is 0 Å². The van der Waals surface area contributed by atoms with Crippen LogP contribution in [0.25, 0.3) is 12.2 Å². The fourth-order valence-electron chi connectivity index (χ4n) is 1.74. The van der Waals surface area contributed by atoms with E-state index < -0.39 is 12.1 Å². The molecule has 1 aromatic carbocycles. The minimum Gasteiger partial charge on any atom is -0.350 e. The van der Waals surface area contributed by atoms with E-state index in [-0.39, 0.29) is 0 Å². The summed E-state index contributed by atoms with van der Waals surface area (Å²) in [5.74, 6) is 0. The van der Waals surface area contributed by atoms with Crippen LogP contribution in [0.4, 0.5) is 4.79 Å². The lowest BCUT2D eigenvalue weighted by atomic mass is 10.2. The first kappa shape index (κ1) is 14.3. The third kappa shape index (κ3) is 3.46. The van der Waals surface area contributed by atoms with Crippen molar-refractivity contribution in [2.75, 3.05) is 0 Å². The Bertz CT molecular complexity index is 607. The number of urea groups is 1. The molecule has 0 aliphatic carbocycles. The molecule has 1 atom stereocenters. The third-order valence-electron chi connectivity index (χ3n) is 2.89. The van der Waals surface area contributed by atoms with Crippen molar-refractivity contribution in [3.05, 3.63) is 57.8 Å². The molecule has 104 valence electrons. The lowest BCUT2D eigenvalue weighted by Crippen LogP contribution is -2.34. The Morgan fingerprint density at radius 3 is 2.60 bits per heavy atom. The maximum Gasteiger partial charge on any atom is 0.339 e. The Hall–Kier alpha value is -2.11. The largest absolute Gasteiger partial charge is 0.350 e. The van der Waals surface area contributed by atoms with E-state index in [2.05, 4.69) is 0 Å². The highest BCUT2D eigenvalue weighted by Gasteiger charge is 2.18. The quantitative estimate of drug-likeness (QED) is 0.664. The molecule has 5 heteroatoms. The zero-order valence-electron chi connectivity index (χ0n) is 11.1. The van der Waals surface area contributed by atoms with Crippen LogP contribution in [0, 0.1) is 0 Å². The van der Waals surface area contributed by atoms with Gasteiger partial charge in [-0.3, -0.25) is 5.21 Å². The van der Waals surface area contributed by atoms with Crippen molar-refractivity contribution >= 4 is 29.5 Å². The SMILES string of the molecule is CC(c1ccc(C=Cc2ccccc2)s1)N(O)C(N)=O. The molecule has 2 rings (SSSR count). The summed E-state index contributed by atoms with van der Waals surface area (Å²) in [5.41, 5.74) is 6.17. The van der Waals surface area contributed by atoms with Gasteiger partial charge in [-0.25, -0.2) is 4.79 Å². The fraction of sp³-hybridized carbons (Fsp3) is 0.133. The van der Waals surface area contributed by atoms with Crippen LogP contribution in [0.2, 0.25) is 0 Å². The molecule has 20 heavy (non-hydrogen) atoms. The van der Waals surface area contributed by atoms with E-state index in [1.807, 2.05) is 54.6 Å². The Morgan fingerprint density at radius 2 is 1.95 bits per heavy atom. The van der Waals surface area contributed by atoms with Crippen LogP contribution < -0.4 is 5.73 Å². The highest BCUT2D eigenvalue weighted by molar-refractivity contribution is 7.13. The number of nitrogens with two attached hydrogens (primary N) is 1. The van der Waals surface area contributed by atoms with Crippen molar-refractivity contribution in [3.8, 4) is 0 Å². The van der Waals surface area contributed by atoms with Gasteiger partial charge >= 0.3 is 6.03 Å². The first-order chi connectivity index (χ1) is 9.58. The molecule has 0 saturated heterocycles. The molecule has 0 saturated carbocycles. The predicted molar refractivity (Wildman–Crippen MR) is 81.3 cm³/mol. The van der Waals surface area contributed by atoms with Crippen LogP contribution in [-0.2, 0) is 0 Å². The molecule has 2 amide bonds. The molecule has 1 unspecified atom stereocenters. The zero-order chi connectivity index (χ0) is 14.5. The van der Waals surface area contributed by atoms with E-state index in [1.54, 1.807) is 6.92 Å². The number of hydrogen-bond donors (Lipinski definition) is 2. The van der Waals surface area contributed by atoms with Gasteiger partial charge in [-0.2, -0.15) is 5.06 Å². The number of hydroxylamine groups is 2. The van der Waals surface area contributed by atoms with Gasteiger partial charge in [-0.1, -0.05) is 36.4 Å². The van der Waals surface area contributed by atoms with Crippen molar-refractivity contribution in [1.82, 2.24) is 5.06 Å². The summed E-state index contributed by atoms with van der Waals surface area (Å²) >= 11 is 1.51. The molecule has 0 aliphatic rings. The van der Waals surface area contributed by atoms with Crippen molar-refractivity contribution in [2.24, 2.45) is 5.73 Å². The maximum absolute atomic E-state index is 10.9. The molecule has 1 heterocycles. The van der Waals surface area contributed by atoms with Gasteiger partial charge in [-0.05, 0) is 30.7 Å². The summed E-state index contributed by atoms with van der Waals surface area (Å²) in [5, 5.41) is 10.1. The topological polar surface area (TPSA) is 66.6 Å². The molecule has 2 aromatic rings. The van der Waals surface area contributed by atoms with Gasteiger partial charge in [-0.15, -0.1) is 11.3 Å². The molecule has 4 nitrogen and oxygen atoms in total. The second kappa shape index (κ2) is 6.36. The highest BCUT2D eigenvalue weighted by Crippen LogP contribution is 2.27. The van der Waals surface area contributed by atoms with Crippen molar-refractivity contribution in [3.63, 3.8) is 0 Å². The summed E-state index contributed by atoms with van der Waals surface area (Å²) in [7, 11) is 0. The van der Waals surface area contributed by atoms with Crippen molar-refractivity contribution in [1.29, 1.82) is 0 Å². The van der Waals surface area contributed by atoms with Gasteiger partial charge < -0.3 is 5.73 Å². The second-order valence-corrected chi connectivity index (χ2v) is 5.49. The van der Waals surface area contributed by atoms with E-state index in [9.17, 15) is 10.0 Å². The van der Waals surface area contributed by atoms with Crippen LogP contribution in [0.5, 0.6) is 0 Å². The van der Waals surface area contributed by atoms with Gasteiger partial charge in [0.25, 0.3) is 0 Å². The number of thiophene rings is 1. The van der Waals surface area contributed by atoms with E-state index in [1.165, 1.54) is 11.3 Å². The summed E-state index contributed by atoms with van der Waals surface area (Å²) in [6.45, 7) is 1.72. The minimum absolute atomic E-state index is 0.448.